The molecule has 0 atom stereocenters. The van der Waals surface area contributed by atoms with Crippen LogP contribution < -0.4 is 10.3 Å². The van der Waals surface area contributed by atoms with Gasteiger partial charge in [-0.2, -0.15) is 5.10 Å². The van der Waals surface area contributed by atoms with E-state index >= 15 is 0 Å². The van der Waals surface area contributed by atoms with Crippen LogP contribution in [0.3, 0.4) is 0 Å². The number of carbonyl (C=O) groups is 2. The van der Waals surface area contributed by atoms with Crippen LogP contribution in [0.1, 0.15) is 34.1 Å². The maximum absolute atomic E-state index is 12.3. The number of carboxylic acid groups (broad SMARTS) is 1. The summed E-state index contributed by atoms with van der Waals surface area (Å²) in [4.78, 5) is 29.3. The minimum absolute atomic E-state index is 0.117. The van der Waals surface area contributed by atoms with E-state index in [9.17, 15) is 9.59 Å². The zero-order chi connectivity index (χ0) is 21.0. The Hall–Kier alpha value is -3.52. The molecule has 29 heavy (non-hydrogen) atoms. The van der Waals surface area contributed by atoms with Gasteiger partial charge in [0.25, 0.3) is 0 Å². The number of aromatic carboxylic acids is 1. The zero-order valence-corrected chi connectivity index (χ0v) is 17.0. The third-order valence-corrected chi connectivity index (χ3v) is 5.20. The van der Waals surface area contributed by atoms with E-state index in [-0.39, 0.29) is 11.5 Å². The van der Waals surface area contributed by atoms with Gasteiger partial charge in [-0.05, 0) is 55.3 Å². The van der Waals surface area contributed by atoms with Gasteiger partial charge >= 0.3 is 5.97 Å². The number of hydrogen-bond donors (Lipinski definition) is 2. The first-order valence-corrected chi connectivity index (χ1v) is 9.69. The SMILES string of the molecule is CC(=O)N(c1nc(/C=N\Nc2ccc(C(=O)O)cc2)cs1)c1cccc(C)c1C. The van der Waals surface area contributed by atoms with E-state index in [0.29, 0.717) is 16.5 Å². The van der Waals surface area contributed by atoms with Crippen LogP contribution in [0.25, 0.3) is 0 Å². The number of aromatic nitrogens is 1. The second kappa shape index (κ2) is 8.66. The van der Waals surface area contributed by atoms with Crippen LogP contribution in [0.5, 0.6) is 0 Å². The number of anilines is 3. The Morgan fingerprint density at radius 2 is 1.90 bits per heavy atom. The van der Waals surface area contributed by atoms with Crippen LogP contribution in [-0.2, 0) is 4.79 Å². The van der Waals surface area contributed by atoms with Crippen molar-refractivity contribution in [2.75, 3.05) is 10.3 Å². The molecule has 0 spiro atoms. The topological polar surface area (TPSA) is 94.9 Å². The van der Waals surface area contributed by atoms with E-state index in [1.54, 1.807) is 23.2 Å². The lowest BCUT2D eigenvalue weighted by Gasteiger charge is -2.21. The number of nitrogens with one attached hydrogen (secondary N) is 1. The number of rotatable bonds is 6. The molecular formula is C21H20N4O3S. The van der Waals surface area contributed by atoms with Gasteiger partial charge < -0.3 is 5.11 Å². The maximum atomic E-state index is 12.3. The van der Waals surface area contributed by atoms with Crippen LogP contribution >= 0.6 is 11.3 Å². The van der Waals surface area contributed by atoms with Crippen LogP contribution in [-0.4, -0.2) is 28.2 Å². The van der Waals surface area contributed by atoms with Crippen molar-refractivity contribution in [2.24, 2.45) is 5.10 Å². The summed E-state index contributed by atoms with van der Waals surface area (Å²) in [7, 11) is 0. The largest absolute Gasteiger partial charge is 0.478 e. The van der Waals surface area contributed by atoms with Gasteiger partial charge in [0.15, 0.2) is 5.13 Å². The van der Waals surface area contributed by atoms with Gasteiger partial charge in [-0.25, -0.2) is 9.78 Å². The van der Waals surface area contributed by atoms with Gasteiger partial charge in [-0.15, -0.1) is 11.3 Å². The predicted octanol–water partition coefficient (Wildman–Crippen LogP) is 4.59. The maximum Gasteiger partial charge on any atom is 0.335 e. The van der Waals surface area contributed by atoms with E-state index in [4.69, 9.17) is 5.11 Å². The van der Waals surface area contributed by atoms with Gasteiger partial charge in [-0.1, -0.05) is 12.1 Å². The Kier molecular flexibility index (Phi) is 6.04. The van der Waals surface area contributed by atoms with E-state index in [1.807, 2.05) is 37.4 Å². The van der Waals surface area contributed by atoms with Crippen molar-refractivity contribution >= 4 is 45.9 Å². The first-order chi connectivity index (χ1) is 13.9. The zero-order valence-electron chi connectivity index (χ0n) is 16.2. The van der Waals surface area contributed by atoms with E-state index in [1.165, 1.54) is 30.4 Å². The Morgan fingerprint density at radius 3 is 2.55 bits per heavy atom. The molecule has 1 heterocycles. The van der Waals surface area contributed by atoms with Gasteiger partial charge in [-0.3, -0.25) is 15.1 Å². The Bertz CT molecular complexity index is 1070. The second-order valence-corrected chi connectivity index (χ2v) is 7.22. The van der Waals surface area contributed by atoms with Crippen molar-refractivity contribution in [2.45, 2.75) is 20.8 Å². The first kappa shape index (κ1) is 20.2. The number of benzene rings is 2. The first-order valence-electron chi connectivity index (χ1n) is 8.81. The van der Waals surface area contributed by atoms with Gasteiger partial charge in [0.1, 0.15) is 0 Å². The lowest BCUT2D eigenvalue weighted by molar-refractivity contribution is -0.115. The molecule has 2 N–H and O–H groups in total. The van der Waals surface area contributed by atoms with Crippen molar-refractivity contribution in [1.82, 2.24) is 4.98 Å². The number of carboxylic acids is 1. The number of aryl methyl sites for hydroxylation is 1. The van der Waals surface area contributed by atoms with Crippen molar-refractivity contribution in [3.8, 4) is 0 Å². The molecule has 0 saturated heterocycles. The molecule has 0 radical (unpaired) electrons. The lowest BCUT2D eigenvalue weighted by atomic mass is 10.1. The highest BCUT2D eigenvalue weighted by molar-refractivity contribution is 7.14. The number of amides is 1. The second-order valence-electron chi connectivity index (χ2n) is 6.38. The van der Waals surface area contributed by atoms with E-state index in [0.717, 1.165) is 16.8 Å². The summed E-state index contributed by atoms with van der Waals surface area (Å²) in [5.41, 5.74) is 7.24. The number of carbonyl (C=O) groups excluding carboxylic acids is 1. The summed E-state index contributed by atoms with van der Waals surface area (Å²) in [6.07, 6.45) is 1.55. The third-order valence-electron chi connectivity index (χ3n) is 4.36. The molecule has 0 aliphatic heterocycles. The minimum atomic E-state index is -0.978. The van der Waals surface area contributed by atoms with Crippen LogP contribution in [0, 0.1) is 13.8 Å². The van der Waals surface area contributed by atoms with Crippen LogP contribution in [0.4, 0.5) is 16.5 Å². The van der Waals surface area contributed by atoms with Gasteiger partial charge in [0.05, 0.1) is 28.8 Å². The monoisotopic (exact) mass is 408 g/mol. The highest BCUT2D eigenvalue weighted by Crippen LogP contribution is 2.32. The molecular weight excluding hydrogens is 388 g/mol. The fraction of sp³-hybridized carbons (Fsp3) is 0.143. The van der Waals surface area contributed by atoms with Gasteiger partial charge in [0, 0.05) is 12.3 Å². The number of hydrazone groups is 1. The molecule has 0 unspecified atom stereocenters. The average Bonchev–Trinajstić information content (AvgIpc) is 3.14. The molecule has 2 aromatic carbocycles. The van der Waals surface area contributed by atoms with Crippen LogP contribution in [0.2, 0.25) is 0 Å². The Labute approximate surface area is 172 Å². The number of hydrogen-bond acceptors (Lipinski definition) is 6. The molecule has 0 saturated carbocycles. The Balaban J connectivity index is 1.76. The number of thiazole rings is 1. The van der Waals surface area contributed by atoms with Crippen molar-refractivity contribution < 1.29 is 14.7 Å². The third kappa shape index (κ3) is 4.67. The lowest BCUT2D eigenvalue weighted by Crippen LogP contribution is -2.23. The fourth-order valence-electron chi connectivity index (χ4n) is 2.68. The fourth-order valence-corrected chi connectivity index (χ4v) is 3.51. The summed E-state index contributed by atoms with van der Waals surface area (Å²) in [6, 6.07) is 12.1. The highest BCUT2D eigenvalue weighted by Gasteiger charge is 2.19. The van der Waals surface area contributed by atoms with E-state index in [2.05, 4.69) is 15.5 Å². The highest BCUT2D eigenvalue weighted by atomic mass is 32.1. The standard InChI is InChI=1S/C21H20N4O3S/c1-13-5-4-6-19(14(13)2)25(15(3)26)21-23-18(12-29-21)11-22-24-17-9-7-16(8-10-17)20(27)28/h4-12,24H,1-3H3,(H,27,28)/b22-11-. The Morgan fingerprint density at radius 1 is 1.17 bits per heavy atom. The molecule has 1 aromatic heterocycles. The van der Waals surface area contributed by atoms with E-state index < -0.39 is 5.97 Å². The molecule has 0 aliphatic rings. The van der Waals surface area contributed by atoms with Crippen molar-refractivity contribution in [1.29, 1.82) is 0 Å². The van der Waals surface area contributed by atoms with Crippen molar-refractivity contribution in [3.05, 3.63) is 70.2 Å². The average molecular weight is 408 g/mol. The smallest absolute Gasteiger partial charge is 0.335 e. The van der Waals surface area contributed by atoms with Crippen LogP contribution in [0.15, 0.2) is 52.9 Å². The molecule has 3 aromatic rings. The molecule has 3 rings (SSSR count). The summed E-state index contributed by atoms with van der Waals surface area (Å²) in [6.45, 7) is 5.50. The quantitative estimate of drug-likeness (QED) is 0.459. The molecule has 148 valence electrons. The molecule has 7 nitrogen and oxygen atoms in total. The summed E-state index contributed by atoms with van der Waals surface area (Å²) in [5.74, 6) is -1.10. The molecule has 1 amide bonds. The normalized spacial score (nSPS) is 10.9. The van der Waals surface area contributed by atoms with Gasteiger partial charge in [0.2, 0.25) is 5.91 Å². The van der Waals surface area contributed by atoms with Crippen molar-refractivity contribution in [3.63, 3.8) is 0 Å². The summed E-state index contributed by atoms with van der Waals surface area (Å²) < 4.78 is 0. The molecule has 0 fully saturated rings. The summed E-state index contributed by atoms with van der Waals surface area (Å²) >= 11 is 1.36. The minimum Gasteiger partial charge on any atom is -0.478 e. The molecule has 0 bridgehead atoms. The molecule has 8 heteroatoms. The number of nitrogens with zero attached hydrogens (tertiary/aromatic N) is 3. The molecule has 0 aliphatic carbocycles. The predicted molar refractivity (Wildman–Crippen MR) is 115 cm³/mol. The summed E-state index contributed by atoms with van der Waals surface area (Å²) in [5, 5.41) is 15.4.